The maximum absolute atomic E-state index is 11.9. The molecule has 0 amide bonds. The van der Waals surface area contributed by atoms with Gasteiger partial charge in [0.2, 0.25) is 0 Å². The summed E-state index contributed by atoms with van der Waals surface area (Å²) in [6.07, 6.45) is 4.20. The zero-order valence-corrected chi connectivity index (χ0v) is 14.7. The summed E-state index contributed by atoms with van der Waals surface area (Å²) in [6, 6.07) is 5.35. The van der Waals surface area contributed by atoms with E-state index >= 15 is 0 Å². The third-order valence-electron chi connectivity index (χ3n) is 5.11. The van der Waals surface area contributed by atoms with E-state index in [1.807, 2.05) is 12.1 Å². The SMILES string of the molecule is C=CCc1cc(C(=O)OCC)ccc1C#CC1C(O)C2CCN1CC2. The van der Waals surface area contributed by atoms with Crippen LogP contribution in [0.25, 0.3) is 0 Å². The number of carbonyl (C=O) groups is 1. The standard InChI is InChI=1S/C21H25NO3/c1-3-5-17-14-18(21(24)25-4-2)7-6-15(17)8-9-19-20(23)16-10-12-22(19)13-11-16/h3,6-7,14,16,19-20,23H,1,4-5,10-13H2,2H3. The van der Waals surface area contributed by atoms with E-state index in [9.17, 15) is 9.90 Å². The Bertz CT molecular complexity index is 706. The average Bonchev–Trinajstić information content (AvgIpc) is 2.63. The van der Waals surface area contributed by atoms with E-state index in [4.69, 9.17) is 4.74 Å². The molecule has 3 heterocycles. The average molecular weight is 339 g/mol. The topological polar surface area (TPSA) is 49.8 Å². The Labute approximate surface area is 149 Å². The molecule has 25 heavy (non-hydrogen) atoms. The molecular weight excluding hydrogens is 314 g/mol. The molecule has 2 unspecified atom stereocenters. The second-order valence-electron chi connectivity index (χ2n) is 6.66. The van der Waals surface area contributed by atoms with Crippen LogP contribution < -0.4 is 0 Å². The van der Waals surface area contributed by atoms with Gasteiger partial charge in [-0.2, -0.15) is 0 Å². The zero-order chi connectivity index (χ0) is 17.8. The number of aliphatic hydroxyl groups excluding tert-OH is 1. The summed E-state index contributed by atoms with van der Waals surface area (Å²) in [4.78, 5) is 14.2. The van der Waals surface area contributed by atoms with Crippen molar-refractivity contribution in [2.45, 2.75) is 38.3 Å². The van der Waals surface area contributed by atoms with Gasteiger partial charge >= 0.3 is 5.97 Å². The predicted molar refractivity (Wildman–Crippen MR) is 97.3 cm³/mol. The summed E-state index contributed by atoms with van der Waals surface area (Å²) >= 11 is 0. The number of carbonyl (C=O) groups excluding carboxylic acids is 1. The Balaban J connectivity index is 1.85. The minimum absolute atomic E-state index is 0.0891. The second-order valence-corrected chi connectivity index (χ2v) is 6.66. The van der Waals surface area contributed by atoms with Crippen molar-refractivity contribution in [1.29, 1.82) is 0 Å². The molecule has 3 saturated heterocycles. The highest BCUT2D eigenvalue weighted by atomic mass is 16.5. The number of hydrogen-bond donors (Lipinski definition) is 1. The zero-order valence-electron chi connectivity index (χ0n) is 14.7. The lowest BCUT2D eigenvalue weighted by Gasteiger charge is -2.46. The number of allylic oxidation sites excluding steroid dienone is 1. The summed E-state index contributed by atoms with van der Waals surface area (Å²) in [7, 11) is 0. The minimum atomic E-state index is -0.364. The molecule has 0 aliphatic carbocycles. The fourth-order valence-corrected chi connectivity index (χ4v) is 3.72. The van der Waals surface area contributed by atoms with E-state index in [-0.39, 0.29) is 18.1 Å². The molecule has 0 saturated carbocycles. The van der Waals surface area contributed by atoms with Crippen LogP contribution in [0.1, 0.15) is 41.3 Å². The fraction of sp³-hybridized carbons (Fsp3) is 0.476. The smallest absolute Gasteiger partial charge is 0.338 e. The number of rotatable bonds is 4. The van der Waals surface area contributed by atoms with Gasteiger partial charge in [0.1, 0.15) is 0 Å². The molecule has 3 aliphatic heterocycles. The molecule has 4 rings (SSSR count). The second kappa shape index (κ2) is 7.86. The number of esters is 1. The largest absolute Gasteiger partial charge is 0.462 e. The van der Waals surface area contributed by atoms with Crippen molar-refractivity contribution in [2.75, 3.05) is 19.7 Å². The van der Waals surface area contributed by atoms with Gasteiger partial charge in [-0.15, -0.1) is 6.58 Å². The van der Waals surface area contributed by atoms with Crippen LogP contribution in [0.2, 0.25) is 0 Å². The summed E-state index contributed by atoms with van der Waals surface area (Å²) < 4.78 is 5.06. The fourth-order valence-electron chi connectivity index (χ4n) is 3.72. The number of nitrogens with zero attached hydrogens (tertiary/aromatic N) is 1. The van der Waals surface area contributed by atoms with Gasteiger partial charge in [0.05, 0.1) is 24.3 Å². The van der Waals surface area contributed by atoms with Crippen molar-refractivity contribution in [2.24, 2.45) is 5.92 Å². The van der Waals surface area contributed by atoms with Gasteiger partial charge in [0.15, 0.2) is 0 Å². The molecule has 0 aromatic heterocycles. The number of aliphatic hydroxyl groups is 1. The summed E-state index contributed by atoms with van der Waals surface area (Å²) in [5.74, 6) is 6.55. The van der Waals surface area contributed by atoms with Crippen LogP contribution in [-0.4, -0.2) is 47.8 Å². The highest BCUT2D eigenvalue weighted by molar-refractivity contribution is 5.89. The normalized spacial score (nSPS) is 27.3. The first-order chi connectivity index (χ1) is 12.1. The van der Waals surface area contributed by atoms with E-state index in [2.05, 4.69) is 23.3 Å². The monoisotopic (exact) mass is 339 g/mol. The van der Waals surface area contributed by atoms with E-state index in [0.717, 1.165) is 37.1 Å². The maximum Gasteiger partial charge on any atom is 0.338 e. The molecule has 1 aromatic carbocycles. The molecule has 4 heteroatoms. The maximum atomic E-state index is 11.9. The van der Waals surface area contributed by atoms with Crippen molar-refractivity contribution in [3.05, 3.63) is 47.5 Å². The molecule has 1 N–H and O–H groups in total. The van der Waals surface area contributed by atoms with Gasteiger partial charge in [-0.05, 0) is 69.0 Å². The van der Waals surface area contributed by atoms with Crippen molar-refractivity contribution in [3.63, 3.8) is 0 Å². The molecule has 0 spiro atoms. The van der Waals surface area contributed by atoms with Crippen LogP contribution in [0.3, 0.4) is 0 Å². The first-order valence-corrected chi connectivity index (χ1v) is 8.98. The Morgan fingerprint density at radius 1 is 1.44 bits per heavy atom. The quantitative estimate of drug-likeness (QED) is 0.520. The molecule has 3 fully saturated rings. The number of piperidine rings is 3. The van der Waals surface area contributed by atoms with Crippen molar-refractivity contribution < 1.29 is 14.6 Å². The van der Waals surface area contributed by atoms with Crippen LogP contribution in [-0.2, 0) is 11.2 Å². The first-order valence-electron chi connectivity index (χ1n) is 8.98. The van der Waals surface area contributed by atoms with E-state index in [0.29, 0.717) is 24.5 Å². The van der Waals surface area contributed by atoms with Crippen LogP contribution in [0, 0.1) is 17.8 Å². The van der Waals surface area contributed by atoms with E-state index in [1.54, 1.807) is 19.1 Å². The minimum Gasteiger partial charge on any atom is -0.462 e. The molecule has 1 aromatic rings. The third-order valence-corrected chi connectivity index (χ3v) is 5.11. The van der Waals surface area contributed by atoms with Gasteiger partial charge in [-0.1, -0.05) is 17.9 Å². The van der Waals surface area contributed by atoms with Crippen molar-refractivity contribution >= 4 is 5.97 Å². The molecular formula is C21H25NO3. The Morgan fingerprint density at radius 3 is 2.84 bits per heavy atom. The highest BCUT2D eigenvalue weighted by Crippen LogP contribution is 2.32. The van der Waals surface area contributed by atoms with Gasteiger partial charge in [0, 0.05) is 5.56 Å². The lowest BCUT2D eigenvalue weighted by Crippen LogP contribution is -2.57. The Hall–Kier alpha value is -2.09. The summed E-state index contributed by atoms with van der Waals surface area (Å²) in [5.41, 5.74) is 2.37. The number of ether oxygens (including phenoxy) is 1. The van der Waals surface area contributed by atoms with Gasteiger partial charge in [-0.25, -0.2) is 4.79 Å². The lowest BCUT2D eigenvalue weighted by molar-refractivity contribution is -0.0500. The Kier molecular flexibility index (Phi) is 5.57. The van der Waals surface area contributed by atoms with Crippen molar-refractivity contribution in [1.82, 2.24) is 4.90 Å². The van der Waals surface area contributed by atoms with Crippen LogP contribution >= 0.6 is 0 Å². The predicted octanol–water partition coefficient (Wildman–Crippen LogP) is 2.40. The molecule has 3 aliphatic rings. The number of fused-ring (bicyclic) bond motifs is 3. The van der Waals surface area contributed by atoms with Gasteiger partial charge in [-0.3, -0.25) is 4.90 Å². The molecule has 4 nitrogen and oxygen atoms in total. The summed E-state index contributed by atoms with van der Waals surface area (Å²) in [6.45, 7) is 7.97. The van der Waals surface area contributed by atoms with E-state index < -0.39 is 0 Å². The highest BCUT2D eigenvalue weighted by Gasteiger charge is 2.40. The van der Waals surface area contributed by atoms with Crippen LogP contribution in [0.15, 0.2) is 30.9 Å². The molecule has 132 valence electrons. The third kappa shape index (κ3) is 3.78. The van der Waals surface area contributed by atoms with Crippen LogP contribution in [0.4, 0.5) is 0 Å². The lowest BCUT2D eigenvalue weighted by atomic mass is 9.81. The first kappa shape index (κ1) is 17.7. The number of benzene rings is 1. The van der Waals surface area contributed by atoms with Crippen LogP contribution in [0.5, 0.6) is 0 Å². The molecule has 0 radical (unpaired) electrons. The molecule has 2 atom stereocenters. The van der Waals surface area contributed by atoms with Gasteiger partial charge < -0.3 is 9.84 Å². The summed E-state index contributed by atoms with van der Waals surface area (Å²) in [5, 5.41) is 10.5. The molecule has 2 bridgehead atoms. The number of hydrogen-bond acceptors (Lipinski definition) is 4. The van der Waals surface area contributed by atoms with E-state index in [1.165, 1.54) is 0 Å². The van der Waals surface area contributed by atoms with Crippen molar-refractivity contribution in [3.8, 4) is 11.8 Å². The Morgan fingerprint density at radius 2 is 2.20 bits per heavy atom. The van der Waals surface area contributed by atoms with Gasteiger partial charge in [0.25, 0.3) is 0 Å².